The molecule has 0 bridgehead atoms. The fourth-order valence-corrected chi connectivity index (χ4v) is 3.00. The number of nitrogens with one attached hydrogen (secondary N) is 1. The summed E-state index contributed by atoms with van der Waals surface area (Å²) in [4.78, 5) is 16.5. The summed E-state index contributed by atoms with van der Waals surface area (Å²) >= 11 is 0. The molecule has 3 fully saturated rings. The van der Waals surface area contributed by atoms with Crippen LogP contribution in [0.25, 0.3) is 0 Å². The highest BCUT2D eigenvalue weighted by Gasteiger charge is 2.33. The van der Waals surface area contributed by atoms with E-state index in [-0.39, 0.29) is 6.03 Å². The minimum absolute atomic E-state index is 0.147. The van der Waals surface area contributed by atoms with Gasteiger partial charge in [-0.05, 0) is 45.2 Å². The maximum atomic E-state index is 12.0. The zero-order chi connectivity index (χ0) is 12.5. The summed E-state index contributed by atoms with van der Waals surface area (Å²) in [6.45, 7) is 4.01. The normalized spacial score (nSPS) is 30.7. The number of hydrogen-bond acceptors (Lipinski definition) is 3. The molecule has 2 amide bonds. The van der Waals surface area contributed by atoms with Crippen LogP contribution in [0.15, 0.2) is 0 Å². The SMILES string of the molecule is NC1CCN(C2CCN(C(=O)NC3CC3)C2)CC1. The summed E-state index contributed by atoms with van der Waals surface area (Å²) in [5, 5.41) is 3.07. The van der Waals surface area contributed by atoms with E-state index in [9.17, 15) is 4.79 Å². The predicted molar refractivity (Wildman–Crippen MR) is 70.3 cm³/mol. The van der Waals surface area contributed by atoms with Gasteiger partial charge in [0.2, 0.25) is 0 Å². The van der Waals surface area contributed by atoms with Gasteiger partial charge in [0, 0.05) is 31.2 Å². The molecular weight excluding hydrogens is 228 g/mol. The first-order chi connectivity index (χ1) is 8.72. The number of nitrogens with zero attached hydrogens (tertiary/aromatic N) is 2. The summed E-state index contributed by atoms with van der Waals surface area (Å²) < 4.78 is 0. The van der Waals surface area contributed by atoms with E-state index in [1.54, 1.807) is 0 Å². The molecule has 5 nitrogen and oxygen atoms in total. The van der Waals surface area contributed by atoms with Gasteiger partial charge in [-0.15, -0.1) is 0 Å². The van der Waals surface area contributed by atoms with Crippen molar-refractivity contribution in [3.05, 3.63) is 0 Å². The molecule has 1 aliphatic carbocycles. The third-order valence-electron chi connectivity index (χ3n) is 4.45. The first-order valence-corrected chi connectivity index (χ1v) is 7.27. The standard InChI is InChI=1S/C13H24N4O/c14-10-3-6-16(7-4-10)12-5-8-17(9-12)13(18)15-11-1-2-11/h10-12H,1-9,14H2,(H,15,18). The molecule has 0 aromatic carbocycles. The molecule has 0 aromatic heterocycles. The van der Waals surface area contributed by atoms with Gasteiger partial charge in [-0.25, -0.2) is 4.79 Å². The van der Waals surface area contributed by atoms with Crippen molar-refractivity contribution in [2.45, 2.75) is 50.2 Å². The highest BCUT2D eigenvalue weighted by molar-refractivity contribution is 5.75. The van der Waals surface area contributed by atoms with Gasteiger partial charge in [-0.2, -0.15) is 0 Å². The summed E-state index contributed by atoms with van der Waals surface area (Å²) in [5.41, 5.74) is 5.93. The Balaban J connectivity index is 1.47. The van der Waals surface area contributed by atoms with Crippen LogP contribution in [0.4, 0.5) is 4.79 Å². The fourth-order valence-electron chi connectivity index (χ4n) is 3.00. The van der Waals surface area contributed by atoms with Crippen LogP contribution < -0.4 is 11.1 Å². The van der Waals surface area contributed by atoms with Crippen molar-refractivity contribution in [1.29, 1.82) is 0 Å². The van der Waals surface area contributed by atoms with E-state index in [1.165, 1.54) is 0 Å². The maximum absolute atomic E-state index is 12.0. The summed E-state index contributed by atoms with van der Waals surface area (Å²) in [5.74, 6) is 0. The molecule has 0 aromatic rings. The van der Waals surface area contributed by atoms with Crippen LogP contribution >= 0.6 is 0 Å². The molecule has 1 unspecified atom stereocenters. The van der Waals surface area contributed by atoms with E-state index in [2.05, 4.69) is 10.2 Å². The summed E-state index contributed by atoms with van der Waals surface area (Å²) in [6.07, 6.45) is 5.64. The molecule has 0 spiro atoms. The van der Waals surface area contributed by atoms with E-state index in [0.717, 1.165) is 58.3 Å². The minimum atomic E-state index is 0.147. The molecule has 2 aliphatic heterocycles. The monoisotopic (exact) mass is 252 g/mol. The van der Waals surface area contributed by atoms with Crippen molar-refractivity contribution >= 4 is 6.03 Å². The minimum Gasteiger partial charge on any atom is -0.335 e. The summed E-state index contributed by atoms with van der Waals surface area (Å²) in [7, 11) is 0. The zero-order valence-electron chi connectivity index (χ0n) is 11.0. The Labute approximate surface area is 109 Å². The van der Waals surface area contributed by atoms with Gasteiger partial charge in [0.15, 0.2) is 0 Å². The molecule has 0 radical (unpaired) electrons. The average molecular weight is 252 g/mol. The second-order valence-electron chi connectivity index (χ2n) is 5.99. The lowest BCUT2D eigenvalue weighted by atomic mass is 10.0. The van der Waals surface area contributed by atoms with E-state index in [1.807, 2.05) is 4.90 Å². The van der Waals surface area contributed by atoms with Gasteiger partial charge in [-0.1, -0.05) is 0 Å². The van der Waals surface area contributed by atoms with Crippen LogP contribution in [0.3, 0.4) is 0 Å². The van der Waals surface area contributed by atoms with Gasteiger partial charge >= 0.3 is 6.03 Å². The van der Waals surface area contributed by atoms with Crippen molar-refractivity contribution in [2.24, 2.45) is 5.73 Å². The Bertz CT molecular complexity index is 310. The molecular formula is C13H24N4O. The Morgan fingerprint density at radius 3 is 2.44 bits per heavy atom. The van der Waals surface area contributed by atoms with Crippen LogP contribution in [0, 0.1) is 0 Å². The number of amides is 2. The van der Waals surface area contributed by atoms with Crippen LogP contribution in [-0.4, -0.2) is 60.1 Å². The van der Waals surface area contributed by atoms with E-state index < -0.39 is 0 Å². The Morgan fingerprint density at radius 1 is 1.06 bits per heavy atom. The van der Waals surface area contributed by atoms with Crippen LogP contribution in [0.5, 0.6) is 0 Å². The zero-order valence-corrected chi connectivity index (χ0v) is 11.0. The number of carbonyl (C=O) groups excluding carboxylic acids is 1. The molecule has 18 heavy (non-hydrogen) atoms. The van der Waals surface area contributed by atoms with Gasteiger partial charge < -0.3 is 16.0 Å². The highest BCUT2D eigenvalue weighted by atomic mass is 16.2. The van der Waals surface area contributed by atoms with Crippen molar-refractivity contribution < 1.29 is 4.79 Å². The van der Waals surface area contributed by atoms with Crippen LogP contribution in [0.1, 0.15) is 32.1 Å². The molecule has 5 heteroatoms. The van der Waals surface area contributed by atoms with Crippen molar-refractivity contribution in [3.63, 3.8) is 0 Å². The Hall–Kier alpha value is -0.810. The Kier molecular flexibility index (Phi) is 3.43. The largest absolute Gasteiger partial charge is 0.335 e. The van der Waals surface area contributed by atoms with Gasteiger partial charge in [0.1, 0.15) is 0 Å². The number of likely N-dealkylation sites (tertiary alicyclic amines) is 2. The van der Waals surface area contributed by atoms with E-state index >= 15 is 0 Å². The molecule has 102 valence electrons. The van der Waals surface area contributed by atoms with Crippen molar-refractivity contribution in [1.82, 2.24) is 15.1 Å². The fraction of sp³-hybridized carbons (Fsp3) is 0.923. The molecule has 3 aliphatic rings. The van der Waals surface area contributed by atoms with Crippen molar-refractivity contribution in [3.8, 4) is 0 Å². The number of nitrogens with two attached hydrogens (primary N) is 1. The molecule has 3 rings (SSSR count). The lowest BCUT2D eigenvalue weighted by molar-refractivity contribution is 0.152. The molecule has 1 atom stereocenters. The maximum Gasteiger partial charge on any atom is 0.317 e. The molecule has 3 N–H and O–H groups in total. The first kappa shape index (κ1) is 12.2. The van der Waals surface area contributed by atoms with Gasteiger partial charge in [0.05, 0.1) is 0 Å². The van der Waals surface area contributed by atoms with E-state index in [4.69, 9.17) is 5.73 Å². The highest BCUT2D eigenvalue weighted by Crippen LogP contribution is 2.22. The topological polar surface area (TPSA) is 61.6 Å². The quantitative estimate of drug-likeness (QED) is 0.746. The number of rotatable bonds is 2. The summed E-state index contributed by atoms with van der Waals surface area (Å²) in [6, 6.07) is 1.55. The van der Waals surface area contributed by atoms with Gasteiger partial charge in [-0.3, -0.25) is 4.90 Å². The first-order valence-electron chi connectivity index (χ1n) is 7.27. The van der Waals surface area contributed by atoms with Crippen LogP contribution in [-0.2, 0) is 0 Å². The predicted octanol–water partition coefficient (Wildman–Crippen LogP) is 0.356. The second-order valence-corrected chi connectivity index (χ2v) is 5.99. The molecule has 2 heterocycles. The third-order valence-corrected chi connectivity index (χ3v) is 4.45. The van der Waals surface area contributed by atoms with Crippen molar-refractivity contribution in [2.75, 3.05) is 26.2 Å². The molecule has 1 saturated carbocycles. The van der Waals surface area contributed by atoms with Crippen LogP contribution in [0.2, 0.25) is 0 Å². The number of carbonyl (C=O) groups is 1. The lowest BCUT2D eigenvalue weighted by Gasteiger charge is -2.34. The second kappa shape index (κ2) is 5.05. The number of urea groups is 1. The number of piperidine rings is 1. The lowest BCUT2D eigenvalue weighted by Crippen LogP contribution is -2.47. The average Bonchev–Trinajstić information content (AvgIpc) is 3.04. The van der Waals surface area contributed by atoms with Gasteiger partial charge in [0.25, 0.3) is 0 Å². The third kappa shape index (κ3) is 2.78. The smallest absolute Gasteiger partial charge is 0.317 e. The Morgan fingerprint density at radius 2 is 1.78 bits per heavy atom. The molecule has 2 saturated heterocycles. The number of hydrogen-bond donors (Lipinski definition) is 2. The van der Waals surface area contributed by atoms with E-state index in [0.29, 0.717) is 18.1 Å².